The van der Waals surface area contributed by atoms with Crippen LogP contribution in [-0.2, 0) is 23.2 Å². The van der Waals surface area contributed by atoms with E-state index in [1.165, 1.54) is 24.2 Å². The number of likely N-dealkylation sites (tertiary alicyclic amines) is 1. The van der Waals surface area contributed by atoms with Gasteiger partial charge in [0.15, 0.2) is 0 Å². The first-order chi connectivity index (χ1) is 12.4. The van der Waals surface area contributed by atoms with Crippen LogP contribution < -0.4 is 11.2 Å². The van der Waals surface area contributed by atoms with E-state index < -0.39 is 23.1 Å². The van der Waals surface area contributed by atoms with Crippen molar-refractivity contribution < 1.29 is 14.7 Å². The van der Waals surface area contributed by atoms with E-state index in [0.717, 1.165) is 14.7 Å². The number of hydrogen-bond acceptors (Lipinski definition) is 4. The van der Waals surface area contributed by atoms with E-state index in [1.54, 1.807) is 0 Å². The molecule has 2 unspecified atom stereocenters. The highest BCUT2D eigenvalue weighted by atomic mass is 16.4. The molecule has 0 aliphatic carbocycles. The second kappa shape index (κ2) is 6.99. The summed E-state index contributed by atoms with van der Waals surface area (Å²) < 4.78 is 2.07. The molecule has 1 aliphatic heterocycles. The summed E-state index contributed by atoms with van der Waals surface area (Å²) in [7, 11) is 1.34. The molecule has 2 atom stereocenters. The number of rotatable bonds is 4. The van der Waals surface area contributed by atoms with Gasteiger partial charge in [0.25, 0.3) is 5.56 Å². The SMILES string of the molecule is Cn1c(=O)ccn(CC(=O)N2CC(C(=O)O)C(c3ccccc3)C2)c1=O. The first kappa shape index (κ1) is 17.7. The van der Waals surface area contributed by atoms with E-state index in [-0.39, 0.29) is 31.5 Å². The molecule has 8 nitrogen and oxygen atoms in total. The minimum absolute atomic E-state index is 0.0915. The molecule has 26 heavy (non-hydrogen) atoms. The molecule has 1 aromatic heterocycles. The Bertz CT molecular complexity index is 947. The highest BCUT2D eigenvalue weighted by Gasteiger charge is 2.40. The highest BCUT2D eigenvalue weighted by molar-refractivity contribution is 5.79. The second-order valence-corrected chi connectivity index (χ2v) is 6.38. The third-order valence-corrected chi connectivity index (χ3v) is 4.78. The lowest BCUT2D eigenvalue weighted by atomic mass is 9.89. The Labute approximate surface area is 148 Å². The molecule has 136 valence electrons. The molecular weight excluding hydrogens is 338 g/mol. The Hall–Kier alpha value is -3.16. The van der Waals surface area contributed by atoms with Gasteiger partial charge in [-0.1, -0.05) is 30.3 Å². The Morgan fingerprint density at radius 2 is 1.81 bits per heavy atom. The molecular formula is C18H19N3O5. The normalized spacial score (nSPS) is 19.5. The van der Waals surface area contributed by atoms with Crippen LogP contribution in [0.25, 0.3) is 0 Å². The van der Waals surface area contributed by atoms with Crippen molar-refractivity contribution in [2.75, 3.05) is 13.1 Å². The summed E-state index contributed by atoms with van der Waals surface area (Å²) in [6, 6.07) is 10.4. The van der Waals surface area contributed by atoms with Crippen molar-refractivity contribution in [3.8, 4) is 0 Å². The van der Waals surface area contributed by atoms with E-state index in [9.17, 15) is 24.3 Å². The molecule has 0 bridgehead atoms. The molecule has 0 saturated carbocycles. The topological polar surface area (TPSA) is 102 Å². The van der Waals surface area contributed by atoms with Crippen molar-refractivity contribution >= 4 is 11.9 Å². The van der Waals surface area contributed by atoms with Crippen molar-refractivity contribution in [3.63, 3.8) is 0 Å². The fraction of sp³-hybridized carbons (Fsp3) is 0.333. The van der Waals surface area contributed by atoms with Crippen LogP contribution in [0.3, 0.4) is 0 Å². The van der Waals surface area contributed by atoms with Crippen LogP contribution in [0, 0.1) is 5.92 Å². The summed E-state index contributed by atoms with van der Waals surface area (Å²) in [5, 5.41) is 9.51. The molecule has 1 fully saturated rings. The maximum absolute atomic E-state index is 12.6. The quantitative estimate of drug-likeness (QED) is 0.822. The fourth-order valence-electron chi connectivity index (χ4n) is 3.28. The number of carbonyl (C=O) groups excluding carboxylic acids is 1. The van der Waals surface area contributed by atoms with Gasteiger partial charge in [0.1, 0.15) is 6.54 Å². The standard InChI is InChI=1S/C18H19N3O5/c1-19-15(22)7-8-20(18(19)26)11-16(23)21-9-13(14(10-21)17(24)25)12-5-3-2-4-6-12/h2-8,13-14H,9-11H2,1H3,(H,24,25). The summed E-state index contributed by atoms with van der Waals surface area (Å²) in [5.41, 5.74) is -0.163. The van der Waals surface area contributed by atoms with Crippen LogP contribution in [0.2, 0.25) is 0 Å². The zero-order chi connectivity index (χ0) is 18.8. The van der Waals surface area contributed by atoms with E-state index in [0.29, 0.717) is 0 Å². The van der Waals surface area contributed by atoms with Crippen molar-refractivity contribution in [1.82, 2.24) is 14.0 Å². The van der Waals surface area contributed by atoms with Gasteiger partial charge in [-0.3, -0.25) is 23.5 Å². The summed E-state index contributed by atoms with van der Waals surface area (Å²) >= 11 is 0. The van der Waals surface area contributed by atoms with Crippen LogP contribution >= 0.6 is 0 Å². The van der Waals surface area contributed by atoms with Crippen LogP contribution in [0.4, 0.5) is 0 Å². The number of amides is 1. The average molecular weight is 357 g/mol. The van der Waals surface area contributed by atoms with Gasteiger partial charge in [-0.15, -0.1) is 0 Å². The van der Waals surface area contributed by atoms with E-state index >= 15 is 0 Å². The molecule has 0 spiro atoms. The molecule has 2 aromatic rings. The van der Waals surface area contributed by atoms with Gasteiger partial charge in [0.05, 0.1) is 5.92 Å². The maximum atomic E-state index is 12.6. The molecule has 1 aliphatic rings. The van der Waals surface area contributed by atoms with Crippen LogP contribution in [0.5, 0.6) is 0 Å². The Morgan fingerprint density at radius 1 is 1.12 bits per heavy atom. The first-order valence-corrected chi connectivity index (χ1v) is 8.20. The first-order valence-electron chi connectivity index (χ1n) is 8.20. The maximum Gasteiger partial charge on any atom is 0.331 e. The lowest BCUT2D eigenvalue weighted by Crippen LogP contribution is -2.41. The minimum atomic E-state index is -0.951. The Kier molecular flexibility index (Phi) is 4.75. The number of aliphatic carboxylic acids is 1. The number of nitrogens with zero attached hydrogens (tertiary/aromatic N) is 3. The second-order valence-electron chi connectivity index (χ2n) is 6.38. The van der Waals surface area contributed by atoms with E-state index in [1.807, 2.05) is 30.3 Å². The van der Waals surface area contributed by atoms with Crippen LogP contribution in [0.1, 0.15) is 11.5 Å². The van der Waals surface area contributed by atoms with Gasteiger partial charge in [-0.25, -0.2) is 4.79 Å². The summed E-state index contributed by atoms with van der Waals surface area (Å²) in [4.78, 5) is 49.2. The molecule has 8 heteroatoms. The smallest absolute Gasteiger partial charge is 0.331 e. The summed E-state index contributed by atoms with van der Waals surface area (Å²) in [6.45, 7) is 0.134. The number of carboxylic acid groups (broad SMARTS) is 1. The molecule has 0 radical (unpaired) electrons. The highest BCUT2D eigenvalue weighted by Crippen LogP contribution is 2.32. The van der Waals surface area contributed by atoms with Gasteiger partial charge in [-0.2, -0.15) is 0 Å². The van der Waals surface area contributed by atoms with Gasteiger partial charge in [0, 0.05) is 38.3 Å². The molecule has 1 saturated heterocycles. The molecule has 3 rings (SSSR count). The Balaban J connectivity index is 1.81. The summed E-state index contributed by atoms with van der Waals surface area (Å²) in [6.07, 6.45) is 1.28. The van der Waals surface area contributed by atoms with E-state index in [2.05, 4.69) is 0 Å². The third-order valence-electron chi connectivity index (χ3n) is 4.78. The van der Waals surface area contributed by atoms with Gasteiger partial charge >= 0.3 is 11.7 Å². The zero-order valence-corrected chi connectivity index (χ0v) is 14.2. The number of carboxylic acids is 1. The lowest BCUT2D eigenvalue weighted by molar-refractivity contribution is -0.141. The van der Waals surface area contributed by atoms with Crippen molar-refractivity contribution in [2.45, 2.75) is 12.5 Å². The number of aromatic nitrogens is 2. The molecule has 1 aromatic carbocycles. The van der Waals surface area contributed by atoms with Gasteiger partial charge < -0.3 is 10.0 Å². The fourth-order valence-corrected chi connectivity index (χ4v) is 3.28. The predicted molar refractivity (Wildman–Crippen MR) is 92.8 cm³/mol. The number of hydrogen-bond donors (Lipinski definition) is 1. The predicted octanol–water partition coefficient (Wildman–Crippen LogP) is -0.126. The molecule has 2 heterocycles. The van der Waals surface area contributed by atoms with Crippen LogP contribution in [-0.4, -0.2) is 44.1 Å². The van der Waals surface area contributed by atoms with Gasteiger partial charge in [0.2, 0.25) is 5.91 Å². The van der Waals surface area contributed by atoms with Crippen molar-refractivity contribution in [1.29, 1.82) is 0 Å². The lowest BCUT2D eigenvalue weighted by Gasteiger charge is -2.17. The molecule has 1 amide bonds. The van der Waals surface area contributed by atoms with Gasteiger partial charge in [-0.05, 0) is 5.56 Å². The largest absolute Gasteiger partial charge is 0.481 e. The number of benzene rings is 1. The zero-order valence-electron chi connectivity index (χ0n) is 14.2. The minimum Gasteiger partial charge on any atom is -0.481 e. The summed E-state index contributed by atoms with van der Waals surface area (Å²) in [5.74, 6) is -2.29. The van der Waals surface area contributed by atoms with Crippen molar-refractivity contribution in [2.24, 2.45) is 13.0 Å². The molecule has 1 N–H and O–H groups in total. The van der Waals surface area contributed by atoms with Crippen molar-refractivity contribution in [3.05, 3.63) is 69.0 Å². The monoisotopic (exact) mass is 357 g/mol. The third kappa shape index (κ3) is 3.30. The van der Waals surface area contributed by atoms with E-state index in [4.69, 9.17) is 0 Å². The van der Waals surface area contributed by atoms with Crippen LogP contribution in [0.15, 0.2) is 52.2 Å². The number of carbonyl (C=O) groups is 2. The average Bonchev–Trinajstić information content (AvgIpc) is 3.09. The Morgan fingerprint density at radius 3 is 2.46 bits per heavy atom.